The van der Waals surface area contributed by atoms with Gasteiger partial charge in [0.2, 0.25) is 5.91 Å². The second-order valence-electron chi connectivity index (χ2n) is 12.6. The Hall–Kier alpha value is -3.88. The summed E-state index contributed by atoms with van der Waals surface area (Å²) >= 11 is 0. The van der Waals surface area contributed by atoms with Gasteiger partial charge in [-0.1, -0.05) is 69.2 Å². The molecule has 1 aliphatic rings. The lowest BCUT2D eigenvalue weighted by Gasteiger charge is -2.27. The van der Waals surface area contributed by atoms with Crippen molar-refractivity contribution in [3.63, 3.8) is 0 Å². The third-order valence-electron chi connectivity index (χ3n) is 7.04. The number of rotatable bonds is 11. The van der Waals surface area contributed by atoms with Crippen LogP contribution >= 0.6 is 0 Å². The van der Waals surface area contributed by atoms with Crippen molar-refractivity contribution < 1.29 is 28.7 Å². The third-order valence-corrected chi connectivity index (χ3v) is 7.04. The molecule has 0 bridgehead atoms. The average molecular weight is 594 g/mol. The van der Waals surface area contributed by atoms with Gasteiger partial charge in [0.15, 0.2) is 0 Å². The van der Waals surface area contributed by atoms with E-state index in [0.29, 0.717) is 31.9 Å². The molecule has 0 aliphatic carbocycles. The van der Waals surface area contributed by atoms with Crippen LogP contribution in [-0.4, -0.2) is 59.4 Å². The first-order valence-corrected chi connectivity index (χ1v) is 15.3. The lowest BCUT2D eigenvalue weighted by molar-refractivity contribution is -0.158. The molecule has 2 aromatic carbocycles. The molecule has 9 heteroatoms. The summed E-state index contributed by atoms with van der Waals surface area (Å²) in [5, 5.41) is 5.45. The van der Waals surface area contributed by atoms with E-state index in [0.717, 1.165) is 36.8 Å². The number of benzene rings is 2. The summed E-state index contributed by atoms with van der Waals surface area (Å²) in [4.78, 5) is 54.1. The summed E-state index contributed by atoms with van der Waals surface area (Å²) in [5.74, 6) is -1.82. The van der Waals surface area contributed by atoms with Crippen LogP contribution in [0, 0.1) is 5.92 Å². The first kappa shape index (κ1) is 33.6. The second kappa shape index (κ2) is 16.1. The maximum absolute atomic E-state index is 13.5. The fourth-order valence-corrected chi connectivity index (χ4v) is 4.88. The highest BCUT2D eigenvalue weighted by atomic mass is 16.6. The van der Waals surface area contributed by atoms with E-state index in [4.69, 9.17) is 9.47 Å². The van der Waals surface area contributed by atoms with E-state index < -0.39 is 41.4 Å². The van der Waals surface area contributed by atoms with Crippen LogP contribution in [0.3, 0.4) is 0 Å². The van der Waals surface area contributed by atoms with Crippen molar-refractivity contribution in [2.75, 3.05) is 13.1 Å². The Morgan fingerprint density at radius 3 is 2.02 bits per heavy atom. The van der Waals surface area contributed by atoms with Crippen LogP contribution in [0.2, 0.25) is 0 Å². The summed E-state index contributed by atoms with van der Waals surface area (Å²) in [6.45, 7) is 10.6. The molecule has 9 nitrogen and oxygen atoms in total. The topological polar surface area (TPSA) is 114 Å². The molecule has 0 aromatic heterocycles. The van der Waals surface area contributed by atoms with E-state index in [2.05, 4.69) is 10.6 Å². The summed E-state index contributed by atoms with van der Waals surface area (Å²) in [6.07, 6.45) is 4.24. The molecule has 1 saturated heterocycles. The quantitative estimate of drug-likeness (QED) is 0.292. The van der Waals surface area contributed by atoms with Crippen LogP contribution in [-0.2, 0) is 36.9 Å². The largest absolute Gasteiger partial charge is 0.489 e. The first-order chi connectivity index (χ1) is 20.4. The number of carbonyl (C=O) groups is 4. The Balaban J connectivity index is 1.70. The molecule has 3 rings (SSSR count). The fourth-order valence-electron chi connectivity index (χ4n) is 4.88. The lowest BCUT2D eigenvalue weighted by atomic mass is 10.0. The van der Waals surface area contributed by atoms with Crippen LogP contribution in [0.25, 0.3) is 0 Å². The van der Waals surface area contributed by atoms with Gasteiger partial charge in [-0.3, -0.25) is 14.4 Å². The molecular formula is C34H47N3O6. The van der Waals surface area contributed by atoms with Crippen molar-refractivity contribution in [1.29, 1.82) is 0 Å². The van der Waals surface area contributed by atoms with Gasteiger partial charge in [-0.25, -0.2) is 4.79 Å². The van der Waals surface area contributed by atoms with Gasteiger partial charge in [0.1, 0.15) is 30.0 Å². The minimum Gasteiger partial charge on any atom is -0.489 e. The molecule has 3 amide bonds. The molecule has 43 heavy (non-hydrogen) atoms. The molecule has 2 N–H and O–H groups in total. The zero-order valence-corrected chi connectivity index (χ0v) is 26.2. The van der Waals surface area contributed by atoms with Gasteiger partial charge in [0.05, 0.1) is 0 Å². The fraction of sp³-hybridized carbons (Fsp3) is 0.529. The van der Waals surface area contributed by atoms with Crippen LogP contribution in [0.5, 0.6) is 5.75 Å². The molecule has 234 valence electrons. The highest BCUT2D eigenvalue weighted by Gasteiger charge is 2.32. The molecule has 0 spiro atoms. The van der Waals surface area contributed by atoms with Crippen LogP contribution in [0.15, 0.2) is 54.6 Å². The summed E-state index contributed by atoms with van der Waals surface area (Å²) in [7, 11) is 0. The Kier molecular flexibility index (Phi) is 12.6. The Bertz CT molecular complexity index is 1200. The van der Waals surface area contributed by atoms with Crippen LogP contribution < -0.4 is 15.4 Å². The average Bonchev–Trinajstić information content (AvgIpc) is 3.25. The van der Waals surface area contributed by atoms with Crippen molar-refractivity contribution in [1.82, 2.24) is 15.5 Å². The van der Waals surface area contributed by atoms with E-state index in [-0.39, 0.29) is 12.3 Å². The highest BCUT2D eigenvalue weighted by molar-refractivity contribution is 6.35. The van der Waals surface area contributed by atoms with E-state index in [1.54, 1.807) is 25.7 Å². The normalized spacial score (nSPS) is 15.2. The number of carbonyl (C=O) groups excluding carboxylic acids is 4. The van der Waals surface area contributed by atoms with Crippen molar-refractivity contribution >= 4 is 23.7 Å². The van der Waals surface area contributed by atoms with Gasteiger partial charge in [-0.05, 0) is 69.2 Å². The van der Waals surface area contributed by atoms with Crippen molar-refractivity contribution in [3.05, 3.63) is 65.7 Å². The van der Waals surface area contributed by atoms with Gasteiger partial charge >= 0.3 is 17.8 Å². The summed E-state index contributed by atoms with van der Waals surface area (Å²) in [5.41, 5.74) is 1.08. The van der Waals surface area contributed by atoms with Crippen LogP contribution in [0.4, 0.5) is 0 Å². The maximum Gasteiger partial charge on any atom is 0.329 e. The predicted octanol–water partition coefficient (Wildman–Crippen LogP) is 4.57. The number of hydrogen-bond acceptors (Lipinski definition) is 6. The smallest absolute Gasteiger partial charge is 0.329 e. The molecule has 1 aliphatic heterocycles. The van der Waals surface area contributed by atoms with E-state index in [1.165, 1.54) is 0 Å². The molecular weight excluding hydrogens is 546 g/mol. The number of esters is 1. The van der Waals surface area contributed by atoms with Gasteiger partial charge < -0.3 is 25.0 Å². The molecule has 0 unspecified atom stereocenters. The van der Waals surface area contributed by atoms with E-state index in [9.17, 15) is 19.2 Å². The number of likely N-dealkylation sites (tertiary alicyclic amines) is 1. The molecule has 1 fully saturated rings. The second-order valence-corrected chi connectivity index (χ2v) is 12.6. The summed E-state index contributed by atoms with van der Waals surface area (Å²) < 4.78 is 11.5. The van der Waals surface area contributed by atoms with Crippen molar-refractivity contribution in [3.8, 4) is 5.75 Å². The standard InChI is InChI=1S/C34H47N3O6/c1-24(2)21-28(35-31(39)32(40)37-19-11-6-7-12-20-37)30(38)36-29(33(41)43-34(3,4)5)22-25-15-17-27(18-16-25)42-23-26-13-9-8-10-14-26/h8-10,13-18,24,28-29H,6-7,11-12,19-23H2,1-5H3,(H,35,39)(H,36,38)/t28-,29-/m0/s1. The van der Waals surface area contributed by atoms with Gasteiger partial charge in [-0.15, -0.1) is 0 Å². The monoisotopic (exact) mass is 593 g/mol. The van der Waals surface area contributed by atoms with E-state index in [1.807, 2.05) is 68.4 Å². The van der Waals surface area contributed by atoms with Crippen molar-refractivity contribution in [2.24, 2.45) is 5.92 Å². The van der Waals surface area contributed by atoms with Crippen molar-refractivity contribution in [2.45, 2.75) is 97.4 Å². The third kappa shape index (κ3) is 11.7. The molecule has 1 heterocycles. The van der Waals surface area contributed by atoms with Gasteiger partial charge in [0, 0.05) is 19.5 Å². The molecule has 0 saturated carbocycles. The lowest BCUT2D eigenvalue weighted by Crippen LogP contribution is -2.55. The minimum atomic E-state index is -1.00. The Morgan fingerprint density at radius 1 is 0.814 bits per heavy atom. The number of nitrogens with zero attached hydrogens (tertiary/aromatic N) is 1. The minimum absolute atomic E-state index is 0.0488. The number of nitrogens with one attached hydrogen (secondary N) is 2. The Morgan fingerprint density at radius 2 is 1.44 bits per heavy atom. The van der Waals surface area contributed by atoms with E-state index >= 15 is 0 Å². The van der Waals surface area contributed by atoms with Crippen LogP contribution in [0.1, 0.15) is 77.8 Å². The zero-order chi connectivity index (χ0) is 31.4. The van der Waals surface area contributed by atoms with Gasteiger partial charge in [0.25, 0.3) is 0 Å². The maximum atomic E-state index is 13.5. The first-order valence-electron chi connectivity index (χ1n) is 15.3. The molecule has 2 atom stereocenters. The number of amides is 3. The SMILES string of the molecule is CC(C)C[C@H](NC(=O)C(=O)N1CCCCCC1)C(=O)N[C@@H](Cc1ccc(OCc2ccccc2)cc1)C(=O)OC(C)(C)C. The molecule has 2 aromatic rings. The number of hydrogen-bond donors (Lipinski definition) is 2. The predicted molar refractivity (Wildman–Crippen MR) is 165 cm³/mol. The molecule has 0 radical (unpaired) electrons. The zero-order valence-electron chi connectivity index (χ0n) is 26.2. The Labute approximate surface area is 255 Å². The number of ether oxygens (including phenoxy) is 2. The highest BCUT2D eigenvalue weighted by Crippen LogP contribution is 2.18. The van der Waals surface area contributed by atoms with Gasteiger partial charge in [-0.2, -0.15) is 0 Å². The summed E-state index contributed by atoms with van der Waals surface area (Å²) in [6, 6.07) is 15.2.